The molecule has 1 heterocycles. The van der Waals surface area contributed by atoms with E-state index in [9.17, 15) is 4.79 Å². The lowest BCUT2D eigenvalue weighted by molar-refractivity contribution is 0.0527. The molecule has 0 saturated heterocycles. The summed E-state index contributed by atoms with van der Waals surface area (Å²) in [5.74, 6) is -0.317. The average Bonchev–Trinajstić information content (AvgIpc) is 3.11. The van der Waals surface area contributed by atoms with Gasteiger partial charge in [0.25, 0.3) is 0 Å². The minimum absolute atomic E-state index is 0.317. The molecule has 0 aliphatic carbocycles. The molecule has 1 aromatic heterocycles. The molecule has 5 rings (SSSR count). The van der Waals surface area contributed by atoms with Gasteiger partial charge in [0.2, 0.25) is 0 Å². The zero-order valence-electron chi connectivity index (χ0n) is 15.7. The second kappa shape index (κ2) is 7.05. The number of hydrogen-bond donors (Lipinski definition) is 0. The summed E-state index contributed by atoms with van der Waals surface area (Å²) in [6, 6.07) is 23.9. The summed E-state index contributed by atoms with van der Waals surface area (Å²) in [5.41, 5.74) is 3.93. The zero-order valence-corrected chi connectivity index (χ0v) is 17.3. The standard InChI is InChI=1S/C25H17BrO3/c1-2-28-25(27)19-10-6-3-7-16(19)15-11-12-20-22(13-15)29-23-14-21(26)17-8-4-5-9-18(17)24(20)23/h3-14H,2H2,1H3. The molecular formula is C25H17BrO3. The van der Waals surface area contributed by atoms with E-state index >= 15 is 0 Å². The van der Waals surface area contributed by atoms with E-state index in [1.807, 2.05) is 55.5 Å². The van der Waals surface area contributed by atoms with Crippen LogP contribution in [0.3, 0.4) is 0 Å². The average molecular weight is 445 g/mol. The monoisotopic (exact) mass is 444 g/mol. The van der Waals surface area contributed by atoms with Crippen LogP contribution in [0.2, 0.25) is 0 Å². The van der Waals surface area contributed by atoms with Gasteiger partial charge in [-0.25, -0.2) is 4.79 Å². The Morgan fingerprint density at radius 2 is 1.66 bits per heavy atom. The Labute approximate surface area is 176 Å². The lowest BCUT2D eigenvalue weighted by Gasteiger charge is -2.09. The minimum atomic E-state index is -0.317. The van der Waals surface area contributed by atoms with Crippen LogP contribution in [-0.4, -0.2) is 12.6 Å². The lowest BCUT2D eigenvalue weighted by Crippen LogP contribution is -2.06. The molecule has 0 bridgehead atoms. The Morgan fingerprint density at radius 3 is 2.48 bits per heavy atom. The van der Waals surface area contributed by atoms with Crippen LogP contribution in [0.4, 0.5) is 0 Å². The summed E-state index contributed by atoms with van der Waals surface area (Å²) in [7, 11) is 0. The van der Waals surface area contributed by atoms with Crippen LogP contribution in [0.15, 0.2) is 81.7 Å². The molecule has 0 fully saturated rings. The fraction of sp³-hybridized carbons (Fsp3) is 0.0800. The summed E-state index contributed by atoms with van der Waals surface area (Å²) in [6.07, 6.45) is 0. The van der Waals surface area contributed by atoms with Crippen molar-refractivity contribution in [1.82, 2.24) is 0 Å². The largest absolute Gasteiger partial charge is 0.462 e. The van der Waals surface area contributed by atoms with Gasteiger partial charge in [0.1, 0.15) is 11.2 Å². The van der Waals surface area contributed by atoms with E-state index in [1.54, 1.807) is 6.07 Å². The molecule has 4 heteroatoms. The number of carbonyl (C=O) groups is 1. The SMILES string of the molecule is CCOC(=O)c1ccccc1-c1ccc2c(c1)oc1cc(Br)c3ccccc3c12. The first kappa shape index (κ1) is 18.0. The van der Waals surface area contributed by atoms with Crippen LogP contribution in [0, 0.1) is 0 Å². The maximum atomic E-state index is 12.4. The first-order valence-corrected chi connectivity index (χ1v) is 10.3. The van der Waals surface area contributed by atoms with E-state index < -0.39 is 0 Å². The summed E-state index contributed by atoms with van der Waals surface area (Å²) in [5, 5.41) is 4.46. The van der Waals surface area contributed by atoms with E-state index in [1.165, 1.54) is 0 Å². The second-order valence-electron chi connectivity index (χ2n) is 6.86. The van der Waals surface area contributed by atoms with E-state index in [-0.39, 0.29) is 5.97 Å². The highest BCUT2D eigenvalue weighted by Crippen LogP contribution is 2.39. The van der Waals surface area contributed by atoms with E-state index in [0.717, 1.165) is 48.3 Å². The van der Waals surface area contributed by atoms with Crippen molar-refractivity contribution in [3.05, 3.63) is 82.8 Å². The first-order valence-electron chi connectivity index (χ1n) is 9.47. The molecule has 0 amide bonds. The van der Waals surface area contributed by atoms with E-state index in [2.05, 4.69) is 34.1 Å². The van der Waals surface area contributed by atoms with Gasteiger partial charge < -0.3 is 9.15 Å². The maximum Gasteiger partial charge on any atom is 0.338 e. The van der Waals surface area contributed by atoms with Crippen molar-refractivity contribution in [2.24, 2.45) is 0 Å². The van der Waals surface area contributed by atoms with Crippen LogP contribution in [-0.2, 0) is 4.74 Å². The fourth-order valence-electron chi connectivity index (χ4n) is 3.89. The van der Waals surface area contributed by atoms with Crippen molar-refractivity contribution >= 4 is 54.6 Å². The Balaban J connectivity index is 1.75. The van der Waals surface area contributed by atoms with Gasteiger partial charge in [-0.05, 0) is 53.1 Å². The number of fused-ring (bicyclic) bond motifs is 5. The van der Waals surface area contributed by atoms with Crippen molar-refractivity contribution in [1.29, 1.82) is 0 Å². The van der Waals surface area contributed by atoms with Crippen LogP contribution < -0.4 is 0 Å². The molecular weight excluding hydrogens is 428 g/mol. The Kier molecular flexibility index (Phi) is 4.36. The first-order chi connectivity index (χ1) is 14.2. The van der Waals surface area contributed by atoms with Crippen molar-refractivity contribution in [2.75, 3.05) is 6.61 Å². The molecule has 5 aromatic rings. The van der Waals surface area contributed by atoms with Gasteiger partial charge in [-0.15, -0.1) is 0 Å². The summed E-state index contributed by atoms with van der Waals surface area (Å²) in [4.78, 5) is 12.4. The third kappa shape index (κ3) is 2.91. The van der Waals surface area contributed by atoms with Gasteiger partial charge in [-0.1, -0.05) is 64.5 Å². The van der Waals surface area contributed by atoms with Crippen LogP contribution in [0.25, 0.3) is 43.8 Å². The van der Waals surface area contributed by atoms with Crippen LogP contribution in [0.5, 0.6) is 0 Å². The molecule has 0 atom stereocenters. The molecule has 0 aliphatic heterocycles. The van der Waals surface area contributed by atoms with Crippen molar-refractivity contribution in [2.45, 2.75) is 6.92 Å². The zero-order chi connectivity index (χ0) is 20.0. The number of hydrogen-bond acceptors (Lipinski definition) is 3. The second-order valence-corrected chi connectivity index (χ2v) is 7.71. The Bertz CT molecular complexity index is 1400. The third-order valence-corrected chi connectivity index (χ3v) is 5.82. The predicted molar refractivity (Wildman–Crippen MR) is 120 cm³/mol. The van der Waals surface area contributed by atoms with Gasteiger partial charge in [0.05, 0.1) is 12.2 Å². The molecule has 29 heavy (non-hydrogen) atoms. The summed E-state index contributed by atoms with van der Waals surface area (Å²) in [6.45, 7) is 2.15. The highest BCUT2D eigenvalue weighted by molar-refractivity contribution is 9.10. The van der Waals surface area contributed by atoms with E-state index in [4.69, 9.17) is 9.15 Å². The fourth-order valence-corrected chi connectivity index (χ4v) is 4.44. The topological polar surface area (TPSA) is 39.4 Å². The molecule has 0 spiro atoms. The quantitative estimate of drug-likeness (QED) is 0.273. The predicted octanol–water partition coefficient (Wildman–Crippen LogP) is 7.35. The van der Waals surface area contributed by atoms with Crippen LogP contribution >= 0.6 is 15.9 Å². The number of furan rings is 1. The molecule has 0 unspecified atom stereocenters. The Morgan fingerprint density at radius 1 is 0.897 bits per heavy atom. The maximum absolute atomic E-state index is 12.4. The molecule has 3 nitrogen and oxygen atoms in total. The van der Waals surface area contributed by atoms with Gasteiger partial charge in [0.15, 0.2) is 0 Å². The van der Waals surface area contributed by atoms with Crippen molar-refractivity contribution < 1.29 is 13.9 Å². The van der Waals surface area contributed by atoms with Gasteiger partial charge >= 0.3 is 5.97 Å². The van der Waals surface area contributed by atoms with Gasteiger partial charge in [0, 0.05) is 15.2 Å². The number of ether oxygens (including phenoxy) is 1. The highest BCUT2D eigenvalue weighted by atomic mass is 79.9. The van der Waals surface area contributed by atoms with Crippen molar-refractivity contribution in [3.8, 4) is 11.1 Å². The smallest absolute Gasteiger partial charge is 0.338 e. The van der Waals surface area contributed by atoms with Gasteiger partial charge in [-0.3, -0.25) is 0 Å². The van der Waals surface area contributed by atoms with E-state index in [0.29, 0.717) is 12.2 Å². The lowest BCUT2D eigenvalue weighted by atomic mass is 9.98. The molecule has 0 N–H and O–H groups in total. The molecule has 142 valence electrons. The number of rotatable bonds is 3. The summed E-state index contributed by atoms with van der Waals surface area (Å²) < 4.78 is 12.4. The molecule has 0 radical (unpaired) electrons. The number of halogens is 1. The third-order valence-electron chi connectivity index (χ3n) is 5.16. The van der Waals surface area contributed by atoms with Gasteiger partial charge in [-0.2, -0.15) is 0 Å². The highest BCUT2D eigenvalue weighted by Gasteiger charge is 2.16. The number of benzene rings is 4. The Hall–Kier alpha value is -3.11. The molecule has 4 aromatic carbocycles. The number of carbonyl (C=O) groups excluding carboxylic acids is 1. The van der Waals surface area contributed by atoms with Crippen LogP contribution in [0.1, 0.15) is 17.3 Å². The minimum Gasteiger partial charge on any atom is -0.462 e. The molecule has 0 aliphatic rings. The number of esters is 1. The normalized spacial score (nSPS) is 11.4. The molecule has 0 saturated carbocycles. The van der Waals surface area contributed by atoms with Crippen molar-refractivity contribution in [3.63, 3.8) is 0 Å². The summed E-state index contributed by atoms with van der Waals surface area (Å²) >= 11 is 3.66.